The van der Waals surface area contributed by atoms with Crippen LogP contribution in [0.2, 0.25) is 0 Å². The monoisotopic (exact) mass is 486 g/mol. The number of aliphatic imine (C=N–C) groups is 1. The predicted octanol–water partition coefficient (Wildman–Crippen LogP) is 3.24. The Hall–Kier alpha value is -1.12. The van der Waals surface area contributed by atoms with E-state index in [9.17, 15) is 5.11 Å². The first-order chi connectivity index (χ1) is 12.5. The minimum atomic E-state index is -0.580. The number of guanidine groups is 1. The van der Waals surface area contributed by atoms with Gasteiger partial charge in [0.25, 0.3) is 0 Å². The molecule has 3 N–H and O–H groups in total. The number of aryl methyl sites for hydroxylation is 1. The van der Waals surface area contributed by atoms with Crippen LogP contribution >= 0.6 is 24.0 Å². The summed E-state index contributed by atoms with van der Waals surface area (Å²) in [5.41, 5.74) is 3.32. The molecule has 1 heterocycles. The van der Waals surface area contributed by atoms with Gasteiger partial charge in [0.05, 0.1) is 12.6 Å². The second kappa shape index (κ2) is 12.4. The lowest BCUT2D eigenvalue weighted by molar-refractivity contribution is 0.186. The first-order valence-electron chi connectivity index (χ1n) is 9.64. The van der Waals surface area contributed by atoms with Gasteiger partial charge in [0.1, 0.15) is 0 Å². The van der Waals surface area contributed by atoms with Gasteiger partial charge in [-0.1, -0.05) is 42.0 Å². The summed E-state index contributed by atoms with van der Waals surface area (Å²) >= 11 is 0. The second-order valence-electron chi connectivity index (χ2n) is 7.30. The molecular formula is C21H35IN4O. The van der Waals surface area contributed by atoms with E-state index in [-0.39, 0.29) is 24.0 Å². The molecule has 0 amide bonds. The Morgan fingerprint density at radius 1 is 1.30 bits per heavy atom. The lowest BCUT2D eigenvalue weighted by atomic mass is 10.0. The second-order valence-corrected chi connectivity index (χ2v) is 7.30. The number of hydrogen-bond acceptors (Lipinski definition) is 3. The van der Waals surface area contributed by atoms with E-state index in [1.165, 1.54) is 11.1 Å². The first-order valence-corrected chi connectivity index (χ1v) is 9.64. The van der Waals surface area contributed by atoms with E-state index in [4.69, 9.17) is 0 Å². The van der Waals surface area contributed by atoms with E-state index in [1.807, 2.05) is 31.2 Å². The molecular weight excluding hydrogens is 451 g/mol. The average Bonchev–Trinajstić information content (AvgIpc) is 2.61. The summed E-state index contributed by atoms with van der Waals surface area (Å²) in [7, 11) is 0. The van der Waals surface area contributed by atoms with Crippen molar-refractivity contribution in [2.45, 2.75) is 45.8 Å². The molecule has 0 saturated carbocycles. The molecule has 2 rings (SSSR count). The van der Waals surface area contributed by atoms with Crippen LogP contribution in [0.1, 0.15) is 43.9 Å². The molecule has 1 atom stereocenters. The highest BCUT2D eigenvalue weighted by Gasteiger charge is 2.20. The first kappa shape index (κ1) is 23.9. The number of hydrogen-bond donors (Lipinski definition) is 3. The number of benzene rings is 1. The van der Waals surface area contributed by atoms with Gasteiger partial charge in [-0.25, -0.2) is 0 Å². The van der Waals surface area contributed by atoms with E-state index in [1.54, 1.807) is 0 Å². The number of nitrogens with one attached hydrogen (secondary N) is 2. The number of likely N-dealkylation sites (tertiary alicyclic amines) is 1. The fourth-order valence-electron chi connectivity index (χ4n) is 3.20. The zero-order chi connectivity index (χ0) is 18.9. The Bertz CT molecular complexity index is 595. The summed E-state index contributed by atoms with van der Waals surface area (Å²) < 4.78 is 0. The fourth-order valence-corrected chi connectivity index (χ4v) is 3.20. The highest BCUT2D eigenvalue weighted by Crippen LogP contribution is 2.14. The van der Waals surface area contributed by atoms with Gasteiger partial charge in [-0.05, 0) is 39.2 Å². The van der Waals surface area contributed by atoms with Crippen LogP contribution in [0.5, 0.6) is 0 Å². The van der Waals surface area contributed by atoms with Crippen LogP contribution in [0.25, 0.3) is 0 Å². The van der Waals surface area contributed by atoms with Crippen LogP contribution in [0.4, 0.5) is 0 Å². The number of piperidine rings is 1. The molecule has 1 aliphatic heterocycles. The quantitative estimate of drug-likeness (QED) is 0.240. The molecule has 152 valence electrons. The molecule has 0 radical (unpaired) electrons. The minimum absolute atomic E-state index is 0. The van der Waals surface area contributed by atoms with Gasteiger partial charge >= 0.3 is 0 Å². The molecule has 5 nitrogen and oxygen atoms in total. The standard InChI is InChI=1S/C21H34N4O.HI/c1-5-22-21(23-14-20(26)18-8-6-17(4)7-9-18)24-19-10-12-25(13-11-19)15-16(2)3;/h6-9,19-20,26H,2,5,10-15H2,1,3-4H3,(H2,22,23,24);1H. The Kier molecular flexibility index (Phi) is 10.9. The normalized spacial score (nSPS) is 17.1. The number of halogens is 1. The summed E-state index contributed by atoms with van der Waals surface area (Å²) in [6.07, 6.45) is 1.61. The van der Waals surface area contributed by atoms with E-state index in [0.717, 1.165) is 50.5 Å². The Morgan fingerprint density at radius 3 is 2.48 bits per heavy atom. The maximum Gasteiger partial charge on any atom is 0.191 e. The van der Waals surface area contributed by atoms with Crippen molar-refractivity contribution in [1.82, 2.24) is 15.5 Å². The topological polar surface area (TPSA) is 59.9 Å². The smallest absolute Gasteiger partial charge is 0.191 e. The maximum absolute atomic E-state index is 10.4. The molecule has 0 aliphatic carbocycles. The summed E-state index contributed by atoms with van der Waals surface area (Å²) in [6, 6.07) is 8.39. The SMILES string of the molecule is C=C(C)CN1CCC(NC(=NCC(O)c2ccc(C)cc2)NCC)CC1.I. The van der Waals surface area contributed by atoms with Gasteiger partial charge in [-0.3, -0.25) is 9.89 Å². The van der Waals surface area contributed by atoms with E-state index >= 15 is 0 Å². The van der Waals surface area contributed by atoms with Crippen LogP contribution in [0.15, 0.2) is 41.4 Å². The number of aliphatic hydroxyl groups is 1. The average molecular weight is 486 g/mol. The Balaban J connectivity index is 0.00000364. The van der Waals surface area contributed by atoms with Crippen molar-refractivity contribution in [3.63, 3.8) is 0 Å². The van der Waals surface area contributed by atoms with Crippen molar-refractivity contribution in [2.24, 2.45) is 4.99 Å². The molecule has 0 aromatic heterocycles. The molecule has 27 heavy (non-hydrogen) atoms. The van der Waals surface area contributed by atoms with Gasteiger partial charge in [0.2, 0.25) is 0 Å². The minimum Gasteiger partial charge on any atom is -0.386 e. The molecule has 1 aromatic carbocycles. The van der Waals surface area contributed by atoms with Crippen molar-refractivity contribution >= 4 is 29.9 Å². The van der Waals surface area contributed by atoms with E-state index < -0.39 is 6.10 Å². The molecule has 0 bridgehead atoms. The highest BCUT2D eigenvalue weighted by atomic mass is 127. The Morgan fingerprint density at radius 2 is 1.93 bits per heavy atom. The zero-order valence-electron chi connectivity index (χ0n) is 16.9. The summed E-state index contributed by atoms with van der Waals surface area (Å²) in [6.45, 7) is 14.5. The molecule has 0 spiro atoms. The lowest BCUT2D eigenvalue weighted by Gasteiger charge is -2.33. The van der Waals surface area contributed by atoms with Gasteiger partial charge in [0, 0.05) is 32.2 Å². The van der Waals surface area contributed by atoms with Crippen molar-refractivity contribution in [1.29, 1.82) is 0 Å². The van der Waals surface area contributed by atoms with Crippen molar-refractivity contribution in [3.05, 3.63) is 47.5 Å². The third kappa shape index (κ3) is 8.62. The van der Waals surface area contributed by atoms with Crippen LogP contribution < -0.4 is 10.6 Å². The third-order valence-electron chi connectivity index (χ3n) is 4.65. The van der Waals surface area contributed by atoms with Crippen molar-refractivity contribution in [3.8, 4) is 0 Å². The predicted molar refractivity (Wildman–Crippen MR) is 125 cm³/mol. The summed E-state index contributed by atoms with van der Waals surface area (Å²) in [5.74, 6) is 0.789. The molecule has 1 aliphatic rings. The van der Waals surface area contributed by atoms with E-state index in [2.05, 4.69) is 41.0 Å². The van der Waals surface area contributed by atoms with Crippen LogP contribution in [-0.4, -0.2) is 54.7 Å². The van der Waals surface area contributed by atoms with Crippen LogP contribution in [0, 0.1) is 6.92 Å². The molecule has 1 saturated heterocycles. The summed E-state index contributed by atoms with van der Waals surface area (Å²) in [4.78, 5) is 7.04. The van der Waals surface area contributed by atoms with Crippen LogP contribution in [0.3, 0.4) is 0 Å². The fraction of sp³-hybridized carbons (Fsp3) is 0.571. The lowest BCUT2D eigenvalue weighted by Crippen LogP contribution is -2.49. The molecule has 1 fully saturated rings. The number of nitrogens with zero attached hydrogens (tertiary/aromatic N) is 2. The molecule has 6 heteroatoms. The van der Waals surface area contributed by atoms with Gasteiger partial charge in [-0.15, -0.1) is 24.0 Å². The van der Waals surface area contributed by atoms with Gasteiger partial charge in [-0.2, -0.15) is 0 Å². The van der Waals surface area contributed by atoms with Crippen molar-refractivity contribution < 1.29 is 5.11 Å². The third-order valence-corrected chi connectivity index (χ3v) is 4.65. The molecule has 1 unspecified atom stereocenters. The highest BCUT2D eigenvalue weighted by molar-refractivity contribution is 14.0. The zero-order valence-corrected chi connectivity index (χ0v) is 19.2. The largest absolute Gasteiger partial charge is 0.386 e. The van der Waals surface area contributed by atoms with Crippen LogP contribution in [-0.2, 0) is 0 Å². The maximum atomic E-state index is 10.4. The summed E-state index contributed by atoms with van der Waals surface area (Å²) in [5, 5.41) is 17.2. The number of aliphatic hydroxyl groups excluding tert-OH is 1. The Labute approximate surface area is 181 Å². The number of rotatable bonds is 7. The van der Waals surface area contributed by atoms with Gasteiger partial charge in [0.15, 0.2) is 5.96 Å². The van der Waals surface area contributed by atoms with Crippen molar-refractivity contribution in [2.75, 3.05) is 32.7 Å². The van der Waals surface area contributed by atoms with E-state index in [0.29, 0.717) is 12.6 Å². The molecule has 1 aromatic rings. The van der Waals surface area contributed by atoms with Gasteiger partial charge < -0.3 is 15.7 Å².